The highest BCUT2D eigenvalue weighted by Gasteiger charge is 2.33. The largest absolute Gasteiger partial charge is 0.573 e. The fourth-order valence-electron chi connectivity index (χ4n) is 3.13. The Morgan fingerprint density at radius 2 is 1.73 bits per heavy atom. The number of halogens is 4. The normalized spacial score (nSPS) is 16.3. The molecule has 0 atom stereocenters. The molecule has 1 N–H and O–H groups in total. The standard InChI is InChI=1S/C19H18ClF3N2O4S/c20-14-4-6-17(7-5-14)30(27,28)25-10-8-13(9-11-25)18(26)24-15-2-1-3-16(12-15)29-19(21,22)23/h1-7,12-13H,8-11H2,(H,24,26). The summed E-state index contributed by atoms with van der Waals surface area (Å²) in [5.74, 6) is -1.29. The van der Waals surface area contributed by atoms with Crippen LogP contribution in [0.5, 0.6) is 5.75 Å². The highest BCUT2D eigenvalue weighted by Crippen LogP contribution is 2.28. The quantitative estimate of drug-likeness (QED) is 0.719. The first-order chi connectivity index (χ1) is 14.0. The first kappa shape index (κ1) is 22.4. The molecule has 1 fully saturated rings. The lowest BCUT2D eigenvalue weighted by molar-refractivity contribution is -0.274. The van der Waals surface area contributed by atoms with E-state index in [1.807, 2.05) is 0 Å². The lowest BCUT2D eigenvalue weighted by Gasteiger charge is -2.30. The Morgan fingerprint density at radius 3 is 2.33 bits per heavy atom. The van der Waals surface area contributed by atoms with Gasteiger partial charge in [-0.25, -0.2) is 8.42 Å². The van der Waals surface area contributed by atoms with Gasteiger partial charge in [-0.3, -0.25) is 4.79 Å². The number of nitrogens with zero attached hydrogens (tertiary/aromatic N) is 1. The van der Waals surface area contributed by atoms with Crippen LogP contribution in [0.3, 0.4) is 0 Å². The number of nitrogens with one attached hydrogen (secondary N) is 1. The second-order valence-corrected chi connectivity index (χ2v) is 9.07. The minimum atomic E-state index is -4.83. The van der Waals surface area contributed by atoms with Gasteiger partial charge in [-0.2, -0.15) is 4.31 Å². The van der Waals surface area contributed by atoms with Crippen molar-refractivity contribution in [3.63, 3.8) is 0 Å². The zero-order chi connectivity index (χ0) is 21.9. The van der Waals surface area contributed by atoms with Crippen LogP contribution in [0.15, 0.2) is 53.4 Å². The van der Waals surface area contributed by atoms with E-state index in [4.69, 9.17) is 11.6 Å². The average Bonchev–Trinajstić information content (AvgIpc) is 2.67. The van der Waals surface area contributed by atoms with Crippen LogP contribution >= 0.6 is 11.6 Å². The van der Waals surface area contributed by atoms with Crippen molar-refractivity contribution in [3.05, 3.63) is 53.6 Å². The number of piperidine rings is 1. The fraction of sp³-hybridized carbons (Fsp3) is 0.316. The van der Waals surface area contributed by atoms with Crippen molar-refractivity contribution < 1.29 is 31.1 Å². The van der Waals surface area contributed by atoms with Gasteiger partial charge in [0.1, 0.15) is 5.75 Å². The Hall–Kier alpha value is -2.30. The zero-order valence-corrected chi connectivity index (χ0v) is 17.1. The van der Waals surface area contributed by atoms with E-state index in [9.17, 15) is 26.4 Å². The molecule has 0 unspecified atom stereocenters. The van der Waals surface area contributed by atoms with Crippen LogP contribution in [-0.4, -0.2) is 38.1 Å². The lowest BCUT2D eigenvalue weighted by atomic mass is 9.97. The number of sulfonamides is 1. The third kappa shape index (κ3) is 5.65. The van der Waals surface area contributed by atoms with Crippen LogP contribution in [0.4, 0.5) is 18.9 Å². The monoisotopic (exact) mass is 462 g/mol. The summed E-state index contributed by atoms with van der Waals surface area (Å²) in [6, 6.07) is 10.8. The molecule has 2 aromatic carbocycles. The number of hydrogen-bond acceptors (Lipinski definition) is 4. The maximum atomic E-state index is 12.7. The van der Waals surface area contributed by atoms with Crippen molar-refractivity contribution in [2.24, 2.45) is 5.92 Å². The van der Waals surface area contributed by atoms with Crippen molar-refractivity contribution in [1.82, 2.24) is 4.31 Å². The zero-order valence-electron chi connectivity index (χ0n) is 15.5. The van der Waals surface area contributed by atoms with E-state index in [2.05, 4.69) is 10.1 Å². The van der Waals surface area contributed by atoms with Gasteiger partial charge in [-0.1, -0.05) is 17.7 Å². The molecular weight excluding hydrogens is 445 g/mol. The smallest absolute Gasteiger partial charge is 0.406 e. The van der Waals surface area contributed by atoms with E-state index in [-0.39, 0.29) is 42.4 Å². The van der Waals surface area contributed by atoms with E-state index >= 15 is 0 Å². The second-order valence-electron chi connectivity index (χ2n) is 6.70. The van der Waals surface area contributed by atoms with E-state index < -0.39 is 28.1 Å². The van der Waals surface area contributed by atoms with Gasteiger partial charge < -0.3 is 10.1 Å². The molecule has 6 nitrogen and oxygen atoms in total. The molecule has 162 valence electrons. The topological polar surface area (TPSA) is 75.7 Å². The summed E-state index contributed by atoms with van der Waals surface area (Å²) in [6.45, 7) is 0.306. The molecule has 1 aliphatic heterocycles. The number of benzene rings is 2. The van der Waals surface area contributed by atoms with E-state index in [1.54, 1.807) is 0 Å². The number of alkyl halides is 3. The van der Waals surface area contributed by atoms with Gasteiger partial charge in [-0.05, 0) is 49.2 Å². The van der Waals surface area contributed by atoms with Crippen molar-refractivity contribution >= 4 is 33.2 Å². The van der Waals surface area contributed by atoms with Gasteiger partial charge in [-0.15, -0.1) is 13.2 Å². The Kier molecular flexibility index (Phi) is 6.59. The van der Waals surface area contributed by atoms with Crippen LogP contribution < -0.4 is 10.1 Å². The molecule has 0 saturated carbocycles. The molecule has 1 aliphatic rings. The van der Waals surface area contributed by atoms with E-state index in [0.29, 0.717) is 5.02 Å². The molecule has 0 aromatic heterocycles. The molecule has 30 heavy (non-hydrogen) atoms. The predicted octanol–water partition coefficient (Wildman–Crippen LogP) is 4.28. The number of carbonyl (C=O) groups excluding carboxylic acids is 1. The Balaban J connectivity index is 1.59. The van der Waals surface area contributed by atoms with Gasteiger partial charge >= 0.3 is 6.36 Å². The van der Waals surface area contributed by atoms with Gasteiger partial charge in [0, 0.05) is 35.8 Å². The van der Waals surface area contributed by atoms with Crippen molar-refractivity contribution in [1.29, 1.82) is 0 Å². The number of amides is 1. The first-order valence-electron chi connectivity index (χ1n) is 8.97. The highest BCUT2D eigenvalue weighted by atomic mass is 35.5. The van der Waals surface area contributed by atoms with Crippen molar-refractivity contribution in [3.8, 4) is 5.75 Å². The first-order valence-corrected chi connectivity index (χ1v) is 10.8. The number of carbonyl (C=O) groups is 1. The van der Waals surface area contributed by atoms with E-state index in [1.165, 1.54) is 40.7 Å². The van der Waals surface area contributed by atoms with Crippen LogP contribution in [0.2, 0.25) is 5.02 Å². The molecule has 0 aliphatic carbocycles. The third-order valence-electron chi connectivity index (χ3n) is 4.61. The summed E-state index contributed by atoms with van der Waals surface area (Å²) >= 11 is 5.79. The molecular formula is C19H18ClF3N2O4S. The van der Waals surface area contributed by atoms with Gasteiger partial charge in [0.25, 0.3) is 0 Å². The van der Waals surface area contributed by atoms with E-state index in [0.717, 1.165) is 12.1 Å². The summed E-state index contributed by atoms with van der Waals surface area (Å²) in [7, 11) is -3.69. The van der Waals surface area contributed by atoms with Crippen LogP contribution in [0.1, 0.15) is 12.8 Å². The molecule has 0 spiro atoms. The maximum absolute atomic E-state index is 12.7. The SMILES string of the molecule is O=C(Nc1cccc(OC(F)(F)F)c1)C1CCN(S(=O)(=O)c2ccc(Cl)cc2)CC1. The molecule has 11 heteroatoms. The Morgan fingerprint density at radius 1 is 1.10 bits per heavy atom. The van der Waals surface area contributed by atoms with Gasteiger partial charge in [0.15, 0.2) is 0 Å². The van der Waals surface area contributed by atoms with Crippen LogP contribution in [0.25, 0.3) is 0 Å². The predicted molar refractivity (Wildman–Crippen MR) is 105 cm³/mol. The number of ether oxygens (including phenoxy) is 1. The molecule has 3 rings (SSSR count). The molecule has 1 heterocycles. The molecule has 0 radical (unpaired) electrons. The average molecular weight is 463 g/mol. The number of rotatable bonds is 5. The van der Waals surface area contributed by atoms with Crippen molar-refractivity contribution in [2.75, 3.05) is 18.4 Å². The third-order valence-corrected chi connectivity index (χ3v) is 6.78. The Labute approximate surface area is 176 Å². The summed E-state index contributed by atoms with van der Waals surface area (Å²) < 4.78 is 67.5. The van der Waals surface area contributed by atoms with Crippen LogP contribution in [-0.2, 0) is 14.8 Å². The number of hydrogen-bond donors (Lipinski definition) is 1. The van der Waals surface area contributed by atoms with Crippen LogP contribution in [0, 0.1) is 5.92 Å². The lowest BCUT2D eigenvalue weighted by Crippen LogP contribution is -2.41. The Bertz CT molecular complexity index is 1010. The molecule has 1 saturated heterocycles. The fourth-order valence-corrected chi connectivity index (χ4v) is 4.72. The number of anilines is 1. The summed E-state index contributed by atoms with van der Waals surface area (Å²) in [4.78, 5) is 12.6. The van der Waals surface area contributed by atoms with Gasteiger partial charge in [0.05, 0.1) is 4.90 Å². The summed E-state index contributed by atoms with van der Waals surface area (Å²) in [6.07, 6.45) is -4.25. The van der Waals surface area contributed by atoms with Crippen molar-refractivity contribution in [2.45, 2.75) is 24.1 Å². The maximum Gasteiger partial charge on any atom is 0.573 e. The second kappa shape index (κ2) is 8.83. The summed E-state index contributed by atoms with van der Waals surface area (Å²) in [5.41, 5.74) is 0.165. The van der Waals surface area contributed by atoms with Gasteiger partial charge in [0.2, 0.25) is 15.9 Å². The minimum Gasteiger partial charge on any atom is -0.406 e. The summed E-state index contributed by atoms with van der Waals surface area (Å²) in [5, 5.41) is 2.99. The molecule has 1 amide bonds. The highest BCUT2D eigenvalue weighted by molar-refractivity contribution is 7.89. The molecule has 0 bridgehead atoms. The molecule has 2 aromatic rings. The minimum absolute atomic E-state index is 0.122.